The smallest absolute Gasteiger partial charge is 0.269 e. The first kappa shape index (κ1) is 13.9. The van der Waals surface area contributed by atoms with Gasteiger partial charge >= 0.3 is 0 Å². The van der Waals surface area contributed by atoms with Crippen molar-refractivity contribution in [3.8, 4) is 0 Å². The number of sulfonamides is 1. The molecule has 1 saturated carbocycles. The molecule has 2 rings (SSSR count). The van der Waals surface area contributed by atoms with Crippen LogP contribution in [0.1, 0.15) is 18.4 Å². The van der Waals surface area contributed by atoms with E-state index in [1.807, 2.05) is 0 Å². The highest BCUT2D eigenvalue weighted by molar-refractivity contribution is 7.89. The molecule has 0 aromatic heterocycles. The molecular formula is C11H14N2O5S. The fraction of sp³-hybridized carbons (Fsp3) is 0.455. The standard InChI is InChI=1S/C11H14N2O5S/c1-7-4-9(13(15)16)2-3-11(7)19(17,18)12-8-5-10(14)6-8/h2-4,8,10,12,14H,5-6H2,1H3. The minimum Gasteiger partial charge on any atom is -0.393 e. The van der Waals surface area contributed by atoms with Gasteiger partial charge in [0.05, 0.1) is 15.9 Å². The van der Waals surface area contributed by atoms with Gasteiger partial charge in [-0.1, -0.05) is 0 Å². The zero-order valence-electron chi connectivity index (χ0n) is 10.2. The monoisotopic (exact) mass is 286 g/mol. The molecule has 0 radical (unpaired) electrons. The van der Waals surface area contributed by atoms with E-state index in [0.717, 1.165) is 6.07 Å². The van der Waals surface area contributed by atoms with Crippen LogP contribution < -0.4 is 4.72 Å². The second kappa shape index (κ2) is 4.87. The van der Waals surface area contributed by atoms with Crippen molar-refractivity contribution in [2.75, 3.05) is 0 Å². The van der Waals surface area contributed by atoms with E-state index >= 15 is 0 Å². The third kappa shape index (κ3) is 2.91. The molecule has 0 bridgehead atoms. The van der Waals surface area contributed by atoms with Gasteiger partial charge in [0.1, 0.15) is 0 Å². The van der Waals surface area contributed by atoms with Crippen molar-refractivity contribution in [3.63, 3.8) is 0 Å². The van der Waals surface area contributed by atoms with Gasteiger partial charge in [-0.2, -0.15) is 0 Å². The van der Waals surface area contributed by atoms with Crippen LogP contribution in [0.4, 0.5) is 5.69 Å². The summed E-state index contributed by atoms with van der Waals surface area (Å²) in [6.45, 7) is 1.51. The summed E-state index contributed by atoms with van der Waals surface area (Å²) in [4.78, 5) is 10.1. The van der Waals surface area contributed by atoms with Gasteiger partial charge in [0.25, 0.3) is 5.69 Å². The van der Waals surface area contributed by atoms with Crippen LogP contribution in [0.15, 0.2) is 23.1 Å². The number of rotatable bonds is 4. The minimum atomic E-state index is -3.70. The lowest BCUT2D eigenvalue weighted by Gasteiger charge is -2.31. The summed E-state index contributed by atoms with van der Waals surface area (Å²) in [5.41, 5.74) is 0.178. The maximum absolute atomic E-state index is 12.1. The van der Waals surface area contributed by atoms with E-state index in [-0.39, 0.29) is 16.6 Å². The average Bonchev–Trinajstić information content (AvgIpc) is 2.26. The van der Waals surface area contributed by atoms with Gasteiger partial charge in [-0.25, -0.2) is 13.1 Å². The van der Waals surface area contributed by atoms with Gasteiger partial charge in [0.2, 0.25) is 10.0 Å². The Kier molecular flexibility index (Phi) is 3.57. The lowest BCUT2D eigenvalue weighted by atomic mass is 9.91. The Labute approximate surface area is 110 Å². The molecule has 1 aliphatic carbocycles. The topological polar surface area (TPSA) is 110 Å². The zero-order chi connectivity index (χ0) is 14.2. The normalized spacial score (nSPS) is 22.8. The Morgan fingerprint density at radius 2 is 2.05 bits per heavy atom. The quantitative estimate of drug-likeness (QED) is 0.625. The van der Waals surface area contributed by atoms with E-state index in [9.17, 15) is 18.5 Å². The van der Waals surface area contributed by atoms with E-state index in [0.29, 0.717) is 18.4 Å². The van der Waals surface area contributed by atoms with Crippen LogP contribution in [0.2, 0.25) is 0 Å². The number of hydrogen-bond acceptors (Lipinski definition) is 5. The second-order valence-electron chi connectivity index (χ2n) is 4.65. The first-order valence-corrected chi connectivity index (χ1v) is 7.23. The van der Waals surface area contributed by atoms with Gasteiger partial charge in [0, 0.05) is 18.2 Å². The lowest BCUT2D eigenvalue weighted by Crippen LogP contribution is -2.46. The summed E-state index contributed by atoms with van der Waals surface area (Å²) >= 11 is 0. The first-order valence-electron chi connectivity index (χ1n) is 5.75. The Balaban J connectivity index is 2.23. The van der Waals surface area contributed by atoms with E-state index in [2.05, 4.69) is 4.72 Å². The number of nitrogens with zero attached hydrogens (tertiary/aromatic N) is 1. The third-order valence-electron chi connectivity index (χ3n) is 3.09. The van der Waals surface area contributed by atoms with E-state index in [1.54, 1.807) is 0 Å². The number of nitro groups is 1. The molecule has 0 atom stereocenters. The van der Waals surface area contributed by atoms with Gasteiger partial charge in [-0.05, 0) is 31.4 Å². The number of aryl methyl sites for hydroxylation is 1. The predicted molar refractivity (Wildman–Crippen MR) is 67.2 cm³/mol. The van der Waals surface area contributed by atoms with Crippen molar-refractivity contribution >= 4 is 15.7 Å². The van der Waals surface area contributed by atoms with Crippen LogP contribution in [0.25, 0.3) is 0 Å². The number of aliphatic hydroxyl groups is 1. The molecule has 0 spiro atoms. The largest absolute Gasteiger partial charge is 0.393 e. The third-order valence-corrected chi connectivity index (χ3v) is 4.77. The van der Waals surface area contributed by atoms with Crippen molar-refractivity contribution in [1.29, 1.82) is 0 Å². The Hall–Kier alpha value is -1.51. The fourth-order valence-electron chi connectivity index (χ4n) is 2.02. The predicted octanol–water partition coefficient (Wildman–Crippen LogP) is 0.705. The molecule has 0 amide bonds. The van der Waals surface area contributed by atoms with Crippen LogP contribution in [0.5, 0.6) is 0 Å². The Bertz CT molecular complexity index is 608. The first-order chi connectivity index (χ1) is 8.79. The number of hydrogen-bond donors (Lipinski definition) is 2. The highest BCUT2D eigenvalue weighted by Crippen LogP contribution is 2.25. The summed E-state index contributed by atoms with van der Waals surface area (Å²) in [5, 5.41) is 19.7. The number of non-ortho nitro benzene ring substituents is 1. The van der Waals surface area contributed by atoms with Crippen LogP contribution in [-0.2, 0) is 10.0 Å². The molecule has 0 unspecified atom stereocenters. The molecule has 8 heteroatoms. The molecule has 1 fully saturated rings. The summed E-state index contributed by atoms with van der Waals surface area (Å²) in [6.07, 6.45) is 0.335. The molecule has 104 valence electrons. The maximum Gasteiger partial charge on any atom is 0.269 e. The Morgan fingerprint density at radius 3 is 2.53 bits per heavy atom. The molecule has 0 aliphatic heterocycles. The minimum absolute atomic E-state index is 0.0273. The molecule has 0 heterocycles. The van der Waals surface area contributed by atoms with Gasteiger partial charge in [0.15, 0.2) is 0 Å². The number of benzene rings is 1. The van der Waals surface area contributed by atoms with Gasteiger partial charge in [-0.15, -0.1) is 0 Å². The number of nitrogens with one attached hydrogen (secondary N) is 1. The van der Waals surface area contributed by atoms with Crippen LogP contribution >= 0.6 is 0 Å². The maximum atomic E-state index is 12.1. The SMILES string of the molecule is Cc1cc([N+](=O)[O-])ccc1S(=O)(=O)NC1CC(O)C1. The van der Waals surface area contributed by atoms with Crippen molar-refractivity contribution < 1.29 is 18.4 Å². The summed E-state index contributed by atoms with van der Waals surface area (Å²) in [5.74, 6) is 0. The van der Waals surface area contributed by atoms with Gasteiger partial charge < -0.3 is 5.11 Å². The van der Waals surface area contributed by atoms with Crippen molar-refractivity contribution in [1.82, 2.24) is 4.72 Å². The van der Waals surface area contributed by atoms with E-state index < -0.39 is 21.1 Å². The molecule has 7 nitrogen and oxygen atoms in total. The van der Waals surface area contributed by atoms with Crippen molar-refractivity contribution in [3.05, 3.63) is 33.9 Å². The highest BCUT2D eigenvalue weighted by atomic mass is 32.2. The van der Waals surface area contributed by atoms with E-state index in [4.69, 9.17) is 5.11 Å². The fourth-order valence-corrected chi connectivity index (χ4v) is 3.50. The van der Waals surface area contributed by atoms with Crippen molar-refractivity contribution in [2.24, 2.45) is 0 Å². The number of aliphatic hydroxyl groups excluding tert-OH is 1. The lowest BCUT2D eigenvalue weighted by molar-refractivity contribution is -0.385. The molecular weight excluding hydrogens is 272 g/mol. The molecule has 0 saturated heterocycles. The highest BCUT2D eigenvalue weighted by Gasteiger charge is 2.32. The molecule has 19 heavy (non-hydrogen) atoms. The summed E-state index contributed by atoms with van der Waals surface area (Å²) < 4.78 is 26.6. The Morgan fingerprint density at radius 1 is 1.42 bits per heavy atom. The summed E-state index contributed by atoms with van der Waals surface area (Å²) in [6, 6.07) is 3.35. The summed E-state index contributed by atoms with van der Waals surface area (Å²) in [7, 11) is -3.70. The van der Waals surface area contributed by atoms with Crippen LogP contribution in [0.3, 0.4) is 0 Å². The molecule has 2 N–H and O–H groups in total. The zero-order valence-corrected chi connectivity index (χ0v) is 11.1. The van der Waals surface area contributed by atoms with Crippen molar-refractivity contribution in [2.45, 2.75) is 36.8 Å². The number of nitro benzene ring substituents is 1. The molecule has 1 aromatic rings. The van der Waals surface area contributed by atoms with Crippen LogP contribution in [0, 0.1) is 17.0 Å². The van der Waals surface area contributed by atoms with E-state index in [1.165, 1.54) is 19.1 Å². The van der Waals surface area contributed by atoms with Crippen LogP contribution in [-0.4, -0.2) is 30.6 Å². The molecule has 1 aliphatic rings. The molecule has 1 aromatic carbocycles. The average molecular weight is 286 g/mol. The second-order valence-corrected chi connectivity index (χ2v) is 6.33. The van der Waals surface area contributed by atoms with Gasteiger partial charge in [-0.3, -0.25) is 10.1 Å².